The van der Waals surface area contributed by atoms with Gasteiger partial charge in [0.05, 0.1) is 10.7 Å². The van der Waals surface area contributed by atoms with Crippen LogP contribution in [0.1, 0.15) is 18.5 Å². The molecule has 0 aliphatic rings. The Labute approximate surface area is 147 Å². The Bertz CT molecular complexity index is 625. The number of hydrogen-bond donors (Lipinski definition) is 1. The van der Waals surface area contributed by atoms with Crippen molar-refractivity contribution in [1.29, 1.82) is 0 Å². The molecule has 0 bridgehead atoms. The van der Waals surface area contributed by atoms with Gasteiger partial charge in [-0.15, -0.1) is 0 Å². The van der Waals surface area contributed by atoms with Gasteiger partial charge < -0.3 is 5.32 Å². The molecule has 2 aromatic carbocycles. The lowest BCUT2D eigenvalue weighted by atomic mass is 10.1. The van der Waals surface area contributed by atoms with E-state index in [2.05, 4.69) is 53.1 Å². The maximum Gasteiger partial charge on any atom is 0.142 e. The minimum absolute atomic E-state index is 0.0597. The second kappa shape index (κ2) is 6.77. The topological polar surface area (TPSA) is 12.0 Å². The van der Waals surface area contributed by atoms with Gasteiger partial charge in [-0.2, -0.15) is 0 Å². The van der Waals surface area contributed by atoms with E-state index >= 15 is 0 Å². The summed E-state index contributed by atoms with van der Waals surface area (Å²) in [5, 5.41) is 3.48. The van der Waals surface area contributed by atoms with Gasteiger partial charge in [0, 0.05) is 19.5 Å². The Morgan fingerprint density at radius 2 is 1.70 bits per heavy atom. The summed E-state index contributed by atoms with van der Waals surface area (Å²) in [6.07, 6.45) is 0. The van der Waals surface area contributed by atoms with Crippen molar-refractivity contribution in [3.63, 3.8) is 0 Å². The van der Waals surface area contributed by atoms with Crippen molar-refractivity contribution in [3.8, 4) is 0 Å². The van der Waals surface area contributed by atoms with E-state index < -0.39 is 5.82 Å². The van der Waals surface area contributed by atoms with Crippen LogP contribution in [0.2, 0.25) is 5.02 Å². The molecule has 2 rings (SSSR count). The maximum atomic E-state index is 13.5. The molecule has 0 fully saturated rings. The van der Waals surface area contributed by atoms with Gasteiger partial charge in [-0.25, -0.2) is 4.39 Å². The smallest absolute Gasteiger partial charge is 0.142 e. The first-order chi connectivity index (χ1) is 9.38. The molecular formula is C14H10Br3ClFN. The van der Waals surface area contributed by atoms with Crippen LogP contribution in [-0.2, 0) is 0 Å². The van der Waals surface area contributed by atoms with Gasteiger partial charge in [0.15, 0.2) is 0 Å². The SMILES string of the molecule is CC(Nc1c(Br)cc(Br)cc1Br)c1ccc(Cl)c(F)c1. The van der Waals surface area contributed by atoms with Crippen LogP contribution in [0.4, 0.5) is 10.1 Å². The lowest BCUT2D eigenvalue weighted by Crippen LogP contribution is -2.08. The van der Waals surface area contributed by atoms with E-state index in [9.17, 15) is 4.39 Å². The predicted molar refractivity (Wildman–Crippen MR) is 93.0 cm³/mol. The van der Waals surface area contributed by atoms with Crippen molar-refractivity contribution in [2.45, 2.75) is 13.0 Å². The molecule has 20 heavy (non-hydrogen) atoms. The maximum absolute atomic E-state index is 13.5. The van der Waals surface area contributed by atoms with E-state index in [1.54, 1.807) is 6.07 Å². The molecular weight excluding hydrogens is 476 g/mol. The fourth-order valence-electron chi connectivity index (χ4n) is 1.76. The first kappa shape index (κ1) is 16.3. The van der Waals surface area contributed by atoms with Crippen molar-refractivity contribution in [1.82, 2.24) is 0 Å². The summed E-state index contributed by atoms with van der Waals surface area (Å²) in [5.41, 5.74) is 1.74. The van der Waals surface area contributed by atoms with Gasteiger partial charge in [0.25, 0.3) is 0 Å². The average molecular weight is 486 g/mol. The Balaban J connectivity index is 2.27. The van der Waals surface area contributed by atoms with Crippen molar-refractivity contribution < 1.29 is 4.39 Å². The molecule has 106 valence electrons. The molecule has 0 heterocycles. The highest BCUT2D eigenvalue weighted by atomic mass is 79.9. The van der Waals surface area contributed by atoms with Crippen LogP contribution in [0.5, 0.6) is 0 Å². The molecule has 0 spiro atoms. The molecule has 0 aliphatic heterocycles. The van der Waals surface area contributed by atoms with E-state index in [0.717, 1.165) is 24.7 Å². The minimum Gasteiger partial charge on any atom is -0.377 e. The molecule has 0 radical (unpaired) electrons. The van der Waals surface area contributed by atoms with E-state index in [1.165, 1.54) is 6.07 Å². The van der Waals surface area contributed by atoms with Crippen molar-refractivity contribution in [2.75, 3.05) is 5.32 Å². The van der Waals surface area contributed by atoms with Crippen molar-refractivity contribution >= 4 is 65.1 Å². The Hall–Kier alpha value is -0.100. The van der Waals surface area contributed by atoms with E-state index in [1.807, 2.05) is 25.1 Å². The Morgan fingerprint density at radius 1 is 1.10 bits per heavy atom. The number of benzene rings is 2. The zero-order chi connectivity index (χ0) is 14.9. The summed E-state index contributed by atoms with van der Waals surface area (Å²) in [6, 6.07) is 8.65. The second-order valence-corrected chi connectivity index (χ2v) is 7.32. The number of hydrogen-bond acceptors (Lipinski definition) is 1. The number of rotatable bonds is 3. The first-order valence-electron chi connectivity index (χ1n) is 5.74. The molecule has 0 aromatic heterocycles. The molecule has 6 heteroatoms. The molecule has 1 unspecified atom stereocenters. The molecule has 1 nitrogen and oxygen atoms in total. The standard InChI is InChI=1S/C14H10Br3ClFN/c1-7(8-2-3-12(18)13(19)4-8)20-14-10(16)5-9(15)6-11(14)17/h2-7,20H,1H3. The highest BCUT2D eigenvalue weighted by Crippen LogP contribution is 2.36. The summed E-state index contributed by atoms with van der Waals surface area (Å²) in [4.78, 5) is 0. The van der Waals surface area contributed by atoms with Crippen LogP contribution in [0.15, 0.2) is 43.7 Å². The van der Waals surface area contributed by atoms with Gasteiger partial charge in [-0.3, -0.25) is 0 Å². The summed E-state index contributed by atoms with van der Waals surface area (Å²) in [7, 11) is 0. The van der Waals surface area contributed by atoms with Crippen LogP contribution < -0.4 is 5.32 Å². The molecule has 0 saturated heterocycles. The van der Waals surface area contributed by atoms with Gasteiger partial charge in [0.1, 0.15) is 5.82 Å². The second-order valence-electron chi connectivity index (χ2n) is 4.28. The lowest BCUT2D eigenvalue weighted by Gasteiger charge is -2.18. The zero-order valence-electron chi connectivity index (χ0n) is 10.4. The highest BCUT2D eigenvalue weighted by molar-refractivity contribution is 9.11. The number of halogens is 5. The van der Waals surface area contributed by atoms with E-state index in [4.69, 9.17) is 11.6 Å². The van der Waals surface area contributed by atoms with Crippen molar-refractivity contribution in [2.24, 2.45) is 0 Å². The van der Waals surface area contributed by atoms with E-state index in [-0.39, 0.29) is 11.1 Å². The molecule has 0 saturated carbocycles. The normalized spacial score (nSPS) is 12.3. The summed E-state index contributed by atoms with van der Waals surface area (Å²) < 4.78 is 16.3. The highest BCUT2D eigenvalue weighted by Gasteiger charge is 2.13. The largest absolute Gasteiger partial charge is 0.377 e. The van der Waals surface area contributed by atoms with Crippen molar-refractivity contribution in [3.05, 3.63) is 60.2 Å². The van der Waals surface area contributed by atoms with Gasteiger partial charge in [-0.05, 0) is 68.6 Å². The Morgan fingerprint density at radius 3 is 2.25 bits per heavy atom. The quantitative estimate of drug-likeness (QED) is 0.496. The zero-order valence-corrected chi connectivity index (χ0v) is 15.9. The lowest BCUT2D eigenvalue weighted by molar-refractivity contribution is 0.624. The number of nitrogens with one attached hydrogen (secondary N) is 1. The summed E-state index contributed by atoms with van der Waals surface area (Å²) in [5.74, 6) is -0.410. The first-order valence-corrected chi connectivity index (χ1v) is 8.50. The third-order valence-electron chi connectivity index (χ3n) is 2.81. The molecule has 1 atom stereocenters. The van der Waals surface area contributed by atoms with Gasteiger partial charge in [0.2, 0.25) is 0 Å². The molecule has 0 aliphatic carbocycles. The van der Waals surface area contributed by atoms with Crippen LogP contribution in [-0.4, -0.2) is 0 Å². The monoisotopic (exact) mass is 483 g/mol. The van der Waals surface area contributed by atoms with Crippen LogP contribution in [0.3, 0.4) is 0 Å². The third-order valence-corrected chi connectivity index (χ3v) is 4.83. The minimum atomic E-state index is -0.410. The third kappa shape index (κ3) is 3.75. The average Bonchev–Trinajstić information content (AvgIpc) is 2.36. The van der Waals surface area contributed by atoms with Crippen LogP contribution in [0, 0.1) is 5.82 Å². The molecule has 1 N–H and O–H groups in total. The van der Waals surface area contributed by atoms with Gasteiger partial charge >= 0.3 is 0 Å². The molecule has 2 aromatic rings. The van der Waals surface area contributed by atoms with E-state index in [0.29, 0.717) is 0 Å². The number of anilines is 1. The van der Waals surface area contributed by atoms with Gasteiger partial charge in [-0.1, -0.05) is 33.6 Å². The predicted octanol–water partition coefficient (Wildman–Crippen LogP) is 6.94. The fourth-order valence-corrected chi connectivity index (χ4v) is 4.37. The summed E-state index contributed by atoms with van der Waals surface area (Å²) >= 11 is 16.1. The molecule has 0 amide bonds. The van der Waals surface area contributed by atoms with Crippen LogP contribution in [0.25, 0.3) is 0 Å². The summed E-state index contributed by atoms with van der Waals surface area (Å²) in [6.45, 7) is 1.96. The van der Waals surface area contributed by atoms with Crippen LogP contribution >= 0.6 is 59.4 Å². The fraction of sp³-hybridized carbons (Fsp3) is 0.143. The Kier molecular flexibility index (Phi) is 5.51.